The van der Waals surface area contributed by atoms with Gasteiger partial charge in [-0.1, -0.05) is 18.0 Å². The lowest BCUT2D eigenvalue weighted by atomic mass is 9.89. The van der Waals surface area contributed by atoms with Gasteiger partial charge in [-0.2, -0.15) is 0 Å². The summed E-state index contributed by atoms with van der Waals surface area (Å²) in [6.45, 7) is 0.453. The Bertz CT molecular complexity index is 516. The molecule has 0 spiro atoms. The number of hydrogen-bond acceptors (Lipinski definition) is 2. The minimum atomic E-state index is -3.45. The largest absolute Gasteiger partial charge is 0.240 e. The van der Waals surface area contributed by atoms with Crippen molar-refractivity contribution < 1.29 is 8.42 Å². The fraction of sp³-hybridized carbons (Fsp3) is 0.538. The van der Waals surface area contributed by atoms with Crippen LogP contribution in [0.1, 0.15) is 25.7 Å². The molecule has 0 radical (unpaired) electrons. The van der Waals surface area contributed by atoms with Crippen LogP contribution in [0.5, 0.6) is 0 Å². The van der Waals surface area contributed by atoms with Crippen molar-refractivity contribution in [2.24, 2.45) is 5.92 Å². The Morgan fingerprint density at radius 3 is 2.53 bits per heavy atom. The molecule has 0 amide bonds. The van der Waals surface area contributed by atoms with E-state index in [0.29, 0.717) is 17.5 Å². The first-order valence-electron chi connectivity index (χ1n) is 6.36. The van der Waals surface area contributed by atoms with Crippen molar-refractivity contribution >= 4 is 33.2 Å². The highest BCUT2D eigenvalue weighted by Crippen LogP contribution is 2.27. The topological polar surface area (TPSA) is 46.2 Å². The van der Waals surface area contributed by atoms with Crippen molar-refractivity contribution in [2.75, 3.05) is 6.54 Å². The zero-order valence-electron chi connectivity index (χ0n) is 10.5. The molecule has 1 N–H and O–H groups in total. The van der Waals surface area contributed by atoms with E-state index in [9.17, 15) is 8.42 Å². The fourth-order valence-electron chi connectivity index (χ4n) is 2.34. The van der Waals surface area contributed by atoms with Gasteiger partial charge < -0.3 is 0 Å². The molecule has 1 saturated carbocycles. The van der Waals surface area contributed by atoms with Crippen LogP contribution in [0, 0.1) is 5.92 Å². The summed E-state index contributed by atoms with van der Waals surface area (Å²) >= 11 is 11.9. The molecule has 6 heteroatoms. The molecule has 2 atom stereocenters. The maximum absolute atomic E-state index is 12.1. The predicted molar refractivity (Wildman–Crippen MR) is 78.2 cm³/mol. The molecule has 0 saturated heterocycles. The van der Waals surface area contributed by atoms with Gasteiger partial charge in [0, 0.05) is 16.9 Å². The molecule has 1 aliphatic carbocycles. The monoisotopic (exact) mass is 321 g/mol. The molecule has 1 aliphatic rings. The summed E-state index contributed by atoms with van der Waals surface area (Å²) in [6, 6.07) is 6.17. The summed E-state index contributed by atoms with van der Waals surface area (Å²) in [5, 5.41) is 0.704. The van der Waals surface area contributed by atoms with Crippen molar-refractivity contribution in [1.29, 1.82) is 0 Å². The first-order chi connectivity index (χ1) is 8.97. The van der Waals surface area contributed by atoms with E-state index in [1.807, 2.05) is 0 Å². The number of nitrogens with one attached hydrogen (secondary N) is 1. The predicted octanol–water partition coefficient (Wildman–Crippen LogP) is 3.42. The number of hydrogen-bond donors (Lipinski definition) is 1. The van der Waals surface area contributed by atoms with E-state index in [1.54, 1.807) is 12.1 Å². The minimum absolute atomic E-state index is 0.179. The summed E-state index contributed by atoms with van der Waals surface area (Å²) in [6.07, 6.45) is 4.01. The van der Waals surface area contributed by atoms with Gasteiger partial charge in [-0.25, -0.2) is 13.1 Å². The third kappa shape index (κ3) is 4.35. The van der Waals surface area contributed by atoms with Crippen LogP contribution >= 0.6 is 23.2 Å². The van der Waals surface area contributed by atoms with Crippen LogP contribution in [0.15, 0.2) is 29.2 Å². The van der Waals surface area contributed by atoms with Gasteiger partial charge in [0.1, 0.15) is 0 Å². The maximum Gasteiger partial charge on any atom is 0.240 e. The third-order valence-corrected chi connectivity index (χ3v) is 5.49. The van der Waals surface area contributed by atoms with Crippen LogP contribution in [0.4, 0.5) is 0 Å². The lowest BCUT2D eigenvalue weighted by Gasteiger charge is -2.25. The quantitative estimate of drug-likeness (QED) is 0.864. The van der Waals surface area contributed by atoms with Crippen LogP contribution in [0.2, 0.25) is 5.02 Å². The fourth-order valence-corrected chi connectivity index (χ4v) is 3.98. The number of benzene rings is 1. The summed E-state index contributed by atoms with van der Waals surface area (Å²) in [5.41, 5.74) is 0. The zero-order valence-corrected chi connectivity index (χ0v) is 12.8. The molecule has 0 bridgehead atoms. The normalized spacial score (nSPS) is 24.3. The van der Waals surface area contributed by atoms with Gasteiger partial charge in [-0.3, -0.25) is 0 Å². The van der Waals surface area contributed by atoms with Crippen molar-refractivity contribution in [3.63, 3.8) is 0 Å². The molecular weight excluding hydrogens is 305 g/mol. The molecule has 1 aromatic carbocycles. The molecule has 0 heterocycles. The van der Waals surface area contributed by atoms with Crippen molar-refractivity contribution in [3.05, 3.63) is 29.3 Å². The van der Waals surface area contributed by atoms with Crippen LogP contribution in [-0.4, -0.2) is 20.3 Å². The second-order valence-electron chi connectivity index (χ2n) is 4.94. The van der Waals surface area contributed by atoms with Crippen LogP contribution < -0.4 is 4.72 Å². The number of rotatable bonds is 4. The molecule has 0 aromatic heterocycles. The van der Waals surface area contributed by atoms with Gasteiger partial charge in [0.05, 0.1) is 4.90 Å². The zero-order chi connectivity index (χ0) is 13.9. The molecule has 19 heavy (non-hydrogen) atoms. The number of alkyl halides is 1. The standard InChI is InChI=1S/C13H17Cl2NO2S/c14-11-4-6-13(7-5-11)19(17,18)16-9-10-2-1-3-12(15)8-10/h4-7,10,12,16H,1-3,8-9H2. The van der Waals surface area contributed by atoms with Crippen molar-refractivity contribution in [2.45, 2.75) is 36.0 Å². The summed E-state index contributed by atoms with van der Waals surface area (Å²) in [7, 11) is -3.45. The number of sulfonamides is 1. The van der Waals surface area contributed by atoms with E-state index < -0.39 is 10.0 Å². The Hall–Kier alpha value is -0.290. The maximum atomic E-state index is 12.1. The first-order valence-corrected chi connectivity index (χ1v) is 8.66. The lowest BCUT2D eigenvalue weighted by molar-refractivity contribution is 0.361. The van der Waals surface area contributed by atoms with Crippen LogP contribution in [0.25, 0.3) is 0 Å². The average molecular weight is 322 g/mol. The Morgan fingerprint density at radius 2 is 1.89 bits per heavy atom. The molecule has 0 aliphatic heterocycles. The smallest absolute Gasteiger partial charge is 0.211 e. The van der Waals surface area contributed by atoms with Crippen LogP contribution in [-0.2, 0) is 10.0 Å². The molecule has 2 unspecified atom stereocenters. The van der Waals surface area contributed by atoms with Gasteiger partial charge in [0.25, 0.3) is 0 Å². The van der Waals surface area contributed by atoms with Crippen molar-refractivity contribution in [3.8, 4) is 0 Å². The molecule has 106 valence electrons. The van der Waals surface area contributed by atoms with E-state index in [-0.39, 0.29) is 10.3 Å². The summed E-state index contributed by atoms with van der Waals surface area (Å²) < 4.78 is 26.8. The van der Waals surface area contributed by atoms with Crippen LogP contribution in [0.3, 0.4) is 0 Å². The first kappa shape index (κ1) is 15.1. The van der Waals surface area contributed by atoms with Gasteiger partial charge in [-0.05, 0) is 49.4 Å². The van der Waals surface area contributed by atoms with Gasteiger partial charge in [0.2, 0.25) is 10.0 Å². The molecule has 2 rings (SSSR count). The van der Waals surface area contributed by atoms with E-state index in [4.69, 9.17) is 23.2 Å². The highest BCUT2D eigenvalue weighted by molar-refractivity contribution is 7.89. The lowest BCUT2D eigenvalue weighted by Crippen LogP contribution is -2.32. The average Bonchev–Trinajstić information content (AvgIpc) is 2.37. The third-order valence-electron chi connectivity index (χ3n) is 3.40. The summed E-state index contributed by atoms with van der Waals surface area (Å²) in [4.78, 5) is 0.245. The molecule has 1 fully saturated rings. The van der Waals surface area contributed by atoms with E-state index in [1.165, 1.54) is 12.1 Å². The highest BCUT2D eigenvalue weighted by Gasteiger charge is 2.22. The van der Waals surface area contributed by atoms with E-state index in [2.05, 4.69) is 4.72 Å². The van der Waals surface area contributed by atoms with Gasteiger partial charge in [-0.15, -0.1) is 11.6 Å². The summed E-state index contributed by atoms with van der Waals surface area (Å²) in [5.74, 6) is 0.332. The Balaban J connectivity index is 1.96. The Morgan fingerprint density at radius 1 is 1.21 bits per heavy atom. The number of halogens is 2. The van der Waals surface area contributed by atoms with Crippen molar-refractivity contribution in [1.82, 2.24) is 4.72 Å². The van der Waals surface area contributed by atoms with Gasteiger partial charge in [0.15, 0.2) is 0 Å². The minimum Gasteiger partial charge on any atom is -0.211 e. The van der Waals surface area contributed by atoms with E-state index >= 15 is 0 Å². The molecule has 1 aromatic rings. The molecule has 3 nitrogen and oxygen atoms in total. The SMILES string of the molecule is O=S(=O)(NCC1CCCC(Cl)C1)c1ccc(Cl)cc1. The second-order valence-corrected chi connectivity index (χ2v) is 7.76. The van der Waals surface area contributed by atoms with Gasteiger partial charge >= 0.3 is 0 Å². The second kappa shape index (κ2) is 6.44. The highest BCUT2D eigenvalue weighted by atomic mass is 35.5. The Kier molecular flexibility index (Phi) is 5.12. The molecular formula is C13H17Cl2NO2S. The Labute approximate surface area is 124 Å². The van der Waals surface area contributed by atoms with E-state index in [0.717, 1.165) is 25.7 Å².